The van der Waals surface area contributed by atoms with Crippen molar-refractivity contribution in [3.8, 4) is 0 Å². The zero-order valence-electron chi connectivity index (χ0n) is 12.2. The second kappa shape index (κ2) is 6.05. The number of alkyl carbamates (subject to hydrolysis) is 1. The van der Waals surface area contributed by atoms with E-state index in [9.17, 15) is 9.18 Å². The minimum Gasteiger partial charge on any atom is -0.444 e. The SMILES string of the molecule is CC(C)(C)OC(=O)NCCc1c[nH]c2c(Br)cc(F)cc12. The monoisotopic (exact) mass is 356 g/mol. The smallest absolute Gasteiger partial charge is 0.407 e. The van der Waals surface area contributed by atoms with E-state index in [-0.39, 0.29) is 5.82 Å². The summed E-state index contributed by atoms with van der Waals surface area (Å²) in [5.41, 5.74) is 1.28. The molecule has 1 aromatic heterocycles. The van der Waals surface area contributed by atoms with Crippen molar-refractivity contribution in [2.45, 2.75) is 32.8 Å². The summed E-state index contributed by atoms with van der Waals surface area (Å²) >= 11 is 3.32. The Balaban J connectivity index is 2.00. The van der Waals surface area contributed by atoms with Crippen molar-refractivity contribution in [3.05, 3.63) is 34.2 Å². The average molecular weight is 357 g/mol. The van der Waals surface area contributed by atoms with Gasteiger partial charge in [0, 0.05) is 22.6 Å². The molecule has 0 aliphatic rings. The zero-order valence-corrected chi connectivity index (χ0v) is 13.8. The molecule has 6 heteroatoms. The van der Waals surface area contributed by atoms with Gasteiger partial charge in [-0.05, 0) is 60.8 Å². The highest BCUT2D eigenvalue weighted by Crippen LogP contribution is 2.27. The van der Waals surface area contributed by atoms with Crippen LogP contribution in [0.5, 0.6) is 0 Å². The van der Waals surface area contributed by atoms with Crippen molar-refractivity contribution in [2.24, 2.45) is 0 Å². The fourth-order valence-electron chi connectivity index (χ4n) is 2.03. The van der Waals surface area contributed by atoms with E-state index in [1.165, 1.54) is 12.1 Å². The molecule has 21 heavy (non-hydrogen) atoms. The number of ether oxygens (including phenoxy) is 1. The lowest BCUT2D eigenvalue weighted by molar-refractivity contribution is 0.0528. The van der Waals surface area contributed by atoms with Gasteiger partial charge in [0.1, 0.15) is 11.4 Å². The molecule has 1 amide bonds. The maximum absolute atomic E-state index is 13.5. The summed E-state index contributed by atoms with van der Waals surface area (Å²) in [5.74, 6) is -0.296. The number of hydrogen-bond donors (Lipinski definition) is 2. The molecule has 0 fully saturated rings. The maximum Gasteiger partial charge on any atom is 0.407 e. The van der Waals surface area contributed by atoms with Gasteiger partial charge in [-0.3, -0.25) is 0 Å². The second-order valence-electron chi connectivity index (χ2n) is 5.80. The number of aromatic amines is 1. The van der Waals surface area contributed by atoms with Gasteiger partial charge >= 0.3 is 6.09 Å². The number of nitrogens with one attached hydrogen (secondary N) is 2. The minimum atomic E-state index is -0.515. The van der Waals surface area contributed by atoms with Crippen molar-refractivity contribution in [3.63, 3.8) is 0 Å². The number of H-pyrrole nitrogens is 1. The van der Waals surface area contributed by atoms with Crippen LogP contribution in [0, 0.1) is 5.82 Å². The molecule has 0 saturated heterocycles. The van der Waals surface area contributed by atoms with Gasteiger partial charge in [0.2, 0.25) is 0 Å². The molecule has 2 N–H and O–H groups in total. The van der Waals surface area contributed by atoms with Crippen LogP contribution in [0.1, 0.15) is 26.3 Å². The fourth-order valence-corrected chi connectivity index (χ4v) is 2.58. The molecule has 0 aliphatic carbocycles. The van der Waals surface area contributed by atoms with E-state index in [2.05, 4.69) is 26.2 Å². The molecule has 2 rings (SSSR count). The van der Waals surface area contributed by atoms with Crippen LogP contribution in [0.3, 0.4) is 0 Å². The highest BCUT2D eigenvalue weighted by Gasteiger charge is 2.16. The molecule has 114 valence electrons. The first-order chi connectivity index (χ1) is 9.76. The number of amides is 1. The van der Waals surface area contributed by atoms with Crippen LogP contribution in [0.4, 0.5) is 9.18 Å². The van der Waals surface area contributed by atoms with E-state index in [0.29, 0.717) is 17.4 Å². The molecule has 2 aromatic rings. The first kappa shape index (κ1) is 15.8. The van der Waals surface area contributed by atoms with Crippen LogP contribution in [0.15, 0.2) is 22.8 Å². The summed E-state index contributed by atoms with van der Waals surface area (Å²) in [7, 11) is 0. The molecule has 0 atom stereocenters. The van der Waals surface area contributed by atoms with Crippen LogP contribution in [-0.4, -0.2) is 23.2 Å². The van der Waals surface area contributed by atoms with Crippen molar-refractivity contribution >= 4 is 32.9 Å². The Labute approximate surface area is 131 Å². The number of benzene rings is 1. The second-order valence-corrected chi connectivity index (χ2v) is 6.66. The third kappa shape index (κ3) is 4.20. The lowest BCUT2D eigenvalue weighted by Gasteiger charge is -2.19. The molecule has 0 radical (unpaired) electrons. The Morgan fingerprint density at radius 1 is 1.43 bits per heavy atom. The molecule has 0 unspecified atom stereocenters. The molecule has 4 nitrogen and oxygen atoms in total. The van der Waals surface area contributed by atoms with Gasteiger partial charge in [-0.25, -0.2) is 9.18 Å². The van der Waals surface area contributed by atoms with Gasteiger partial charge in [-0.15, -0.1) is 0 Å². The van der Waals surface area contributed by atoms with Gasteiger partial charge in [-0.2, -0.15) is 0 Å². The van der Waals surface area contributed by atoms with Crippen molar-refractivity contribution < 1.29 is 13.9 Å². The van der Waals surface area contributed by atoms with Gasteiger partial charge in [0.15, 0.2) is 0 Å². The number of rotatable bonds is 3. The van der Waals surface area contributed by atoms with Crippen molar-refractivity contribution in [1.82, 2.24) is 10.3 Å². The lowest BCUT2D eigenvalue weighted by atomic mass is 10.1. The van der Waals surface area contributed by atoms with Crippen LogP contribution >= 0.6 is 15.9 Å². The number of aromatic nitrogens is 1. The summed E-state index contributed by atoms with van der Waals surface area (Å²) in [6.07, 6.45) is 1.97. The molecule has 1 aromatic carbocycles. The summed E-state index contributed by atoms with van der Waals surface area (Å²) < 4.78 is 19.3. The van der Waals surface area contributed by atoms with E-state index >= 15 is 0 Å². The molecule has 0 bridgehead atoms. The third-order valence-corrected chi connectivity index (χ3v) is 3.48. The third-order valence-electron chi connectivity index (χ3n) is 2.85. The number of carbonyl (C=O) groups is 1. The fraction of sp³-hybridized carbons (Fsp3) is 0.400. The Kier molecular flexibility index (Phi) is 4.56. The number of fused-ring (bicyclic) bond motifs is 1. The van der Waals surface area contributed by atoms with Crippen LogP contribution in [-0.2, 0) is 11.2 Å². The lowest BCUT2D eigenvalue weighted by Crippen LogP contribution is -2.33. The summed E-state index contributed by atoms with van der Waals surface area (Å²) in [4.78, 5) is 14.7. The standard InChI is InChI=1S/C15H18BrFN2O2/c1-15(2,3)21-14(20)18-5-4-9-8-19-13-11(9)6-10(17)7-12(13)16/h6-8,19H,4-5H2,1-3H3,(H,18,20). The Morgan fingerprint density at radius 3 is 2.81 bits per heavy atom. The molecular formula is C15H18BrFN2O2. The van der Waals surface area contributed by atoms with Gasteiger partial charge in [0.05, 0.1) is 5.52 Å². The average Bonchev–Trinajstić information content (AvgIpc) is 2.70. The normalized spacial score (nSPS) is 11.7. The van der Waals surface area contributed by atoms with Crippen molar-refractivity contribution in [2.75, 3.05) is 6.54 Å². The van der Waals surface area contributed by atoms with E-state index in [4.69, 9.17) is 4.74 Å². The first-order valence-electron chi connectivity index (χ1n) is 6.68. The number of carbonyl (C=O) groups excluding carboxylic acids is 1. The van der Waals surface area contributed by atoms with Crippen molar-refractivity contribution in [1.29, 1.82) is 0 Å². The summed E-state index contributed by atoms with van der Waals surface area (Å²) in [5, 5.41) is 3.50. The number of halogens is 2. The van der Waals surface area contributed by atoms with E-state index in [0.717, 1.165) is 16.5 Å². The van der Waals surface area contributed by atoms with E-state index in [1.807, 2.05) is 27.0 Å². The maximum atomic E-state index is 13.5. The molecule has 0 aliphatic heterocycles. The number of hydrogen-bond acceptors (Lipinski definition) is 2. The largest absolute Gasteiger partial charge is 0.444 e. The zero-order chi connectivity index (χ0) is 15.6. The highest BCUT2D eigenvalue weighted by atomic mass is 79.9. The van der Waals surface area contributed by atoms with E-state index in [1.54, 1.807) is 0 Å². The summed E-state index contributed by atoms with van der Waals surface area (Å²) in [6, 6.07) is 2.90. The summed E-state index contributed by atoms with van der Waals surface area (Å²) in [6.45, 7) is 5.86. The molecule has 0 spiro atoms. The van der Waals surface area contributed by atoms with Crippen LogP contribution in [0.2, 0.25) is 0 Å². The highest BCUT2D eigenvalue weighted by molar-refractivity contribution is 9.10. The van der Waals surface area contributed by atoms with E-state index < -0.39 is 11.7 Å². The Morgan fingerprint density at radius 2 is 2.14 bits per heavy atom. The molecule has 0 saturated carbocycles. The quantitative estimate of drug-likeness (QED) is 0.868. The molecule has 1 heterocycles. The van der Waals surface area contributed by atoms with Crippen LogP contribution in [0.25, 0.3) is 10.9 Å². The predicted molar refractivity (Wildman–Crippen MR) is 83.9 cm³/mol. The Hall–Kier alpha value is -1.56. The van der Waals surface area contributed by atoms with Gasteiger partial charge < -0.3 is 15.0 Å². The van der Waals surface area contributed by atoms with Crippen LogP contribution < -0.4 is 5.32 Å². The predicted octanol–water partition coefficient (Wildman–Crippen LogP) is 4.14. The minimum absolute atomic E-state index is 0.296. The van der Waals surface area contributed by atoms with Gasteiger partial charge in [-0.1, -0.05) is 0 Å². The first-order valence-corrected chi connectivity index (χ1v) is 7.47. The Bertz CT molecular complexity index is 661. The van der Waals surface area contributed by atoms with Gasteiger partial charge in [0.25, 0.3) is 0 Å². The topological polar surface area (TPSA) is 54.1 Å². The molecular weight excluding hydrogens is 339 g/mol.